The molecular weight excluding hydrogens is 281 g/mol. The summed E-state index contributed by atoms with van der Waals surface area (Å²) in [4.78, 5) is 12.0. The van der Waals surface area contributed by atoms with Crippen LogP contribution in [-0.2, 0) is 22.7 Å². The fraction of sp³-hybridized carbons (Fsp3) is 0.278. The maximum Gasteiger partial charge on any atom is 0.249 e. The molecule has 0 bridgehead atoms. The molecule has 22 heavy (non-hydrogen) atoms. The molecule has 1 N–H and O–H groups in total. The Morgan fingerprint density at radius 1 is 1.18 bits per heavy atom. The molecule has 0 fully saturated rings. The molecule has 0 saturated carbocycles. The highest BCUT2D eigenvalue weighted by Gasteiger charge is 2.13. The van der Waals surface area contributed by atoms with Gasteiger partial charge >= 0.3 is 0 Å². The number of nitrogens with one attached hydrogen (secondary N) is 1. The fourth-order valence-corrected chi connectivity index (χ4v) is 2.02. The van der Waals surface area contributed by atoms with Crippen molar-refractivity contribution in [2.75, 3.05) is 0 Å². The molecule has 0 aromatic heterocycles. The van der Waals surface area contributed by atoms with E-state index in [0.717, 1.165) is 11.1 Å². The zero-order chi connectivity index (χ0) is 15.9. The van der Waals surface area contributed by atoms with Gasteiger partial charge in [-0.1, -0.05) is 42.5 Å². The zero-order valence-electron chi connectivity index (χ0n) is 12.8. The maximum absolute atomic E-state index is 13.2. The molecule has 0 spiro atoms. The third-order valence-electron chi connectivity index (χ3n) is 3.40. The zero-order valence-corrected chi connectivity index (χ0v) is 12.8. The van der Waals surface area contributed by atoms with Crippen LogP contribution in [0.1, 0.15) is 23.6 Å². The molecule has 1 atom stereocenters. The van der Waals surface area contributed by atoms with Crippen molar-refractivity contribution >= 4 is 5.91 Å². The molecule has 3 nitrogen and oxygen atoms in total. The molecule has 116 valence electrons. The van der Waals surface area contributed by atoms with Gasteiger partial charge in [0.2, 0.25) is 5.91 Å². The van der Waals surface area contributed by atoms with Crippen LogP contribution >= 0.6 is 0 Å². The van der Waals surface area contributed by atoms with Crippen molar-refractivity contribution in [1.29, 1.82) is 0 Å². The van der Waals surface area contributed by atoms with Gasteiger partial charge in [0, 0.05) is 6.54 Å². The van der Waals surface area contributed by atoms with Gasteiger partial charge in [-0.05, 0) is 36.6 Å². The first-order valence-corrected chi connectivity index (χ1v) is 7.24. The molecule has 0 aliphatic heterocycles. The molecule has 2 aromatic carbocycles. The van der Waals surface area contributed by atoms with Crippen molar-refractivity contribution in [3.05, 3.63) is 71.0 Å². The SMILES string of the molecule is Cc1cc(CNC(=O)[C@@H](C)OCc2ccccc2)ccc1F. The molecule has 1 amide bonds. The monoisotopic (exact) mass is 301 g/mol. The molecule has 0 radical (unpaired) electrons. The summed E-state index contributed by atoms with van der Waals surface area (Å²) in [6, 6.07) is 14.5. The Labute approximate surface area is 130 Å². The number of amides is 1. The Bertz CT molecular complexity index is 628. The van der Waals surface area contributed by atoms with E-state index in [0.29, 0.717) is 18.7 Å². The smallest absolute Gasteiger partial charge is 0.249 e. The normalized spacial score (nSPS) is 12.0. The molecule has 2 aromatic rings. The first-order chi connectivity index (χ1) is 10.6. The number of ether oxygens (including phenoxy) is 1. The number of hydrogen-bond acceptors (Lipinski definition) is 2. The minimum Gasteiger partial charge on any atom is -0.364 e. The van der Waals surface area contributed by atoms with Crippen LogP contribution in [0.4, 0.5) is 4.39 Å². The van der Waals surface area contributed by atoms with Crippen LogP contribution in [0.3, 0.4) is 0 Å². The second-order valence-electron chi connectivity index (χ2n) is 5.24. The van der Waals surface area contributed by atoms with E-state index in [9.17, 15) is 9.18 Å². The van der Waals surface area contributed by atoms with E-state index >= 15 is 0 Å². The quantitative estimate of drug-likeness (QED) is 0.888. The predicted molar refractivity (Wildman–Crippen MR) is 83.7 cm³/mol. The van der Waals surface area contributed by atoms with Gasteiger partial charge < -0.3 is 10.1 Å². The highest BCUT2D eigenvalue weighted by Crippen LogP contribution is 2.09. The van der Waals surface area contributed by atoms with Gasteiger partial charge in [0.1, 0.15) is 11.9 Å². The Kier molecular flexibility index (Phi) is 5.67. The van der Waals surface area contributed by atoms with Crippen molar-refractivity contribution < 1.29 is 13.9 Å². The lowest BCUT2D eigenvalue weighted by Crippen LogP contribution is -2.34. The van der Waals surface area contributed by atoms with Crippen molar-refractivity contribution in [1.82, 2.24) is 5.32 Å². The van der Waals surface area contributed by atoms with E-state index in [4.69, 9.17) is 4.74 Å². The lowest BCUT2D eigenvalue weighted by atomic mass is 10.1. The number of carbonyl (C=O) groups is 1. The molecule has 0 aliphatic carbocycles. The summed E-state index contributed by atoms with van der Waals surface area (Å²) in [5.41, 5.74) is 2.46. The molecule has 0 aliphatic rings. The predicted octanol–water partition coefficient (Wildman–Crippen LogP) is 3.36. The summed E-state index contributed by atoms with van der Waals surface area (Å²) in [5, 5.41) is 2.80. The molecular formula is C18H20FNO2. The van der Waals surface area contributed by atoms with Crippen LogP contribution in [0.5, 0.6) is 0 Å². The minimum atomic E-state index is -0.540. The maximum atomic E-state index is 13.2. The highest BCUT2D eigenvalue weighted by atomic mass is 19.1. The number of benzene rings is 2. The number of hydrogen-bond donors (Lipinski definition) is 1. The van der Waals surface area contributed by atoms with E-state index in [-0.39, 0.29) is 11.7 Å². The first-order valence-electron chi connectivity index (χ1n) is 7.24. The van der Waals surface area contributed by atoms with E-state index in [1.54, 1.807) is 26.0 Å². The van der Waals surface area contributed by atoms with Gasteiger partial charge in [-0.15, -0.1) is 0 Å². The van der Waals surface area contributed by atoms with Crippen LogP contribution < -0.4 is 5.32 Å². The summed E-state index contributed by atoms with van der Waals surface area (Å²) >= 11 is 0. The van der Waals surface area contributed by atoms with Gasteiger partial charge in [0.25, 0.3) is 0 Å². The van der Waals surface area contributed by atoms with Crippen LogP contribution in [0, 0.1) is 12.7 Å². The Hall–Kier alpha value is -2.20. The largest absolute Gasteiger partial charge is 0.364 e. The average molecular weight is 301 g/mol. The first kappa shape index (κ1) is 16.2. The van der Waals surface area contributed by atoms with Crippen molar-refractivity contribution in [2.45, 2.75) is 33.1 Å². The van der Waals surface area contributed by atoms with Gasteiger partial charge in [0.05, 0.1) is 6.61 Å². The van der Waals surface area contributed by atoms with Crippen molar-refractivity contribution in [3.8, 4) is 0 Å². The topological polar surface area (TPSA) is 38.3 Å². The van der Waals surface area contributed by atoms with Crippen LogP contribution in [0.25, 0.3) is 0 Å². The summed E-state index contributed by atoms with van der Waals surface area (Å²) < 4.78 is 18.7. The molecule has 2 rings (SSSR count). The Morgan fingerprint density at radius 3 is 2.59 bits per heavy atom. The lowest BCUT2D eigenvalue weighted by Gasteiger charge is -2.14. The van der Waals surface area contributed by atoms with Crippen LogP contribution in [0.15, 0.2) is 48.5 Å². The van der Waals surface area contributed by atoms with Crippen molar-refractivity contribution in [3.63, 3.8) is 0 Å². The second kappa shape index (κ2) is 7.71. The van der Waals surface area contributed by atoms with Crippen molar-refractivity contribution in [2.24, 2.45) is 0 Å². The van der Waals surface area contributed by atoms with E-state index in [2.05, 4.69) is 5.32 Å². The minimum absolute atomic E-state index is 0.182. The Morgan fingerprint density at radius 2 is 1.91 bits per heavy atom. The highest BCUT2D eigenvalue weighted by molar-refractivity contribution is 5.80. The van der Waals surface area contributed by atoms with E-state index in [1.807, 2.05) is 30.3 Å². The average Bonchev–Trinajstić information content (AvgIpc) is 2.54. The van der Waals surface area contributed by atoms with Gasteiger partial charge in [-0.25, -0.2) is 4.39 Å². The fourth-order valence-electron chi connectivity index (χ4n) is 2.02. The van der Waals surface area contributed by atoms with Gasteiger partial charge in [0.15, 0.2) is 0 Å². The van der Waals surface area contributed by atoms with Gasteiger partial charge in [-0.3, -0.25) is 4.79 Å². The summed E-state index contributed by atoms with van der Waals surface area (Å²) in [6.07, 6.45) is -0.540. The number of carbonyl (C=O) groups excluding carboxylic acids is 1. The third kappa shape index (κ3) is 4.67. The number of aryl methyl sites for hydroxylation is 1. The standard InChI is InChI=1S/C18H20FNO2/c1-13-10-16(8-9-17(13)19)11-20-18(21)14(2)22-12-15-6-4-3-5-7-15/h3-10,14H,11-12H2,1-2H3,(H,20,21)/t14-/m1/s1. The Balaban J connectivity index is 1.79. The summed E-state index contributed by atoms with van der Waals surface area (Å²) in [6.45, 7) is 4.17. The number of halogens is 1. The van der Waals surface area contributed by atoms with E-state index < -0.39 is 6.10 Å². The molecule has 4 heteroatoms. The second-order valence-corrected chi connectivity index (χ2v) is 5.24. The van der Waals surface area contributed by atoms with Crippen LogP contribution in [-0.4, -0.2) is 12.0 Å². The molecule has 0 unspecified atom stereocenters. The summed E-state index contributed by atoms with van der Waals surface area (Å²) in [5.74, 6) is -0.424. The lowest BCUT2D eigenvalue weighted by molar-refractivity contribution is -0.132. The third-order valence-corrected chi connectivity index (χ3v) is 3.40. The van der Waals surface area contributed by atoms with E-state index in [1.165, 1.54) is 6.07 Å². The van der Waals surface area contributed by atoms with Crippen LogP contribution in [0.2, 0.25) is 0 Å². The number of rotatable bonds is 6. The van der Waals surface area contributed by atoms with Gasteiger partial charge in [-0.2, -0.15) is 0 Å². The molecule has 0 saturated heterocycles. The summed E-state index contributed by atoms with van der Waals surface area (Å²) in [7, 11) is 0. The molecule has 0 heterocycles.